The second kappa shape index (κ2) is 9.63. The minimum Gasteiger partial charge on any atom is -0.497 e. The van der Waals surface area contributed by atoms with Gasteiger partial charge >= 0.3 is 6.03 Å². The first-order chi connectivity index (χ1) is 19.3. The maximum absolute atomic E-state index is 14.4. The van der Waals surface area contributed by atoms with E-state index in [1.807, 2.05) is 29.8 Å². The Labute approximate surface area is 229 Å². The summed E-state index contributed by atoms with van der Waals surface area (Å²) in [5.74, 6) is -0.954. The van der Waals surface area contributed by atoms with Crippen molar-refractivity contribution in [2.24, 2.45) is 7.05 Å². The monoisotopic (exact) mass is 546 g/mol. The predicted octanol–water partition coefficient (Wildman–Crippen LogP) is 4.44. The third-order valence-electron chi connectivity index (χ3n) is 8.08. The number of carbonyl (C=O) groups excluding carboxylic acids is 2. The summed E-state index contributed by atoms with van der Waals surface area (Å²) in [6.07, 6.45) is 0. The highest BCUT2D eigenvalue weighted by Gasteiger charge is 2.55. The molecule has 0 aliphatic carbocycles. The normalized spacial score (nSPS) is 17.5. The molecule has 2 aliphatic heterocycles. The molecule has 6 rings (SSSR count). The third kappa shape index (κ3) is 3.90. The van der Waals surface area contributed by atoms with Gasteiger partial charge in [-0.05, 0) is 42.0 Å². The number of hydrogen-bond acceptors (Lipinski definition) is 4. The van der Waals surface area contributed by atoms with Gasteiger partial charge in [-0.2, -0.15) is 0 Å². The summed E-state index contributed by atoms with van der Waals surface area (Å²) >= 11 is 0. The first-order valence-electron chi connectivity index (χ1n) is 12.9. The summed E-state index contributed by atoms with van der Waals surface area (Å²) in [5, 5.41) is 14.1. The lowest BCUT2D eigenvalue weighted by Gasteiger charge is -2.56. The number of nitrogens with one attached hydrogen (secondary N) is 1. The number of fused-ring (bicyclic) bond motifs is 4. The van der Waals surface area contributed by atoms with Crippen LogP contribution in [0.1, 0.15) is 27.7 Å². The third-order valence-corrected chi connectivity index (χ3v) is 8.08. The lowest BCUT2D eigenvalue weighted by atomic mass is 9.68. The van der Waals surface area contributed by atoms with Crippen LogP contribution in [0.25, 0.3) is 10.9 Å². The number of methoxy groups -OCH3 is 1. The van der Waals surface area contributed by atoms with Gasteiger partial charge in [-0.15, -0.1) is 0 Å². The number of ether oxygens (including phenoxy) is 1. The van der Waals surface area contributed by atoms with E-state index in [0.717, 1.165) is 22.2 Å². The van der Waals surface area contributed by atoms with Gasteiger partial charge in [-0.25, -0.2) is 13.6 Å². The number of aryl methyl sites for hydroxylation is 1. The number of aliphatic hydroxyl groups excluding tert-OH is 1. The fraction of sp³-hybridized carbons (Fsp3) is 0.267. The summed E-state index contributed by atoms with van der Waals surface area (Å²) < 4.78 is 36.2. The molecule has 3 amide bonds. The number of benzene rings is 3. The van der Waals surface area contributed by atoms with Crippen molar-refractivity contribution in [1.29, 1.82) is 0 Å². The zero-order valence-electron chi connectivity index (χ0n) is 22.0. The average molecular weight is 547 g/mol. The van der Waals surface area contributed by atoms with Crippen molar-refractivity contribution in [3.8, 4) is 5.75 Å². The van der Waals surface area contributed by atoms with Crippen LogP contribution in [-0.4, -0.2) is 64.8 Å². The minimum atomic E-state index is -0.730. The highest BCUT2D eigenvalue weighted by atomic mass is 19.1. The number of rotatable bonds is 4. The van der Waals surface area contributed by atoms with Crippen molar-refractivity contribution in [2.75, 3.05) is 38.7 Å². The second-order valence-corrected chi connectivity index (χ2v) is 10.4. The zero-order valence-corrected chi connectivity index (χ0v) is 22.0. The topological polar surface area (TPSA) is 87.0 Å². The van der Waals surface area contributed by atoms with Crippen LogP contribution in [-0.2, 0) is 12.5 Å². The van der Waals surface area contributed by atoms with E-state index >= 15 is 0 Å². The maximum Gasteiger partial charge on any atom is 0.322 e. The minimum absolute atomic E-state index is 0.0153. The SMILES string of the molecule is COc1ccc2c3c(n(C)c2c1)[C@@H](CO)N(C(=O)Nc1ccccc1F)CC31CN(C(=O)c2ccccc2F)C1. The van der Waals surface area contributed by atoms with E-state index in [1.54, 1.807) is 24.1 Å². The van der Waals surface area contributed by atoms with Crippen LogP contribution >= 0.6 is 0 Å². The average Bonchev–Trinajstić information content (AvgIpc) is 3.24. The molecule has 4 aromatic rings. The molecule has 3 aromatic carbocycles. The number of aliphatic hydroxyl groups is 1. The summed E-state index contributed by atoms with van der Waals surface area (Å²) in [6.45, 7) is 0.268. The molecule has 3 heterocycles. The Hall–Kier alpha value is -4.44. The number of nitrogens with zero attached hydrogens (tertiary/aromatic N) is 3. The number of halogens is 2. The van der Waals surface area contributed by atoms with Gasteiger partial charge in [0.1, 0.15) is 17.4 Å². The van der Waals surface area contributed by atoms with Crippen molar-refractivity contribution in [2.45, 2.75) is 11.5 Å². The standard InChI is InChI=1S/C30H28F2N4O4/c1-34-24-13-18(40-2)11-12-20(24)26-27(34)25(14-37)36(29(39)33-23-10-6-5-9-22(23)32)17-30(26)15-35(16-30)28(38)19-7-3-4-8-21(19)31/h3-13,25,37H,14-17H2,1-2H3,(H,33,39)/t25-/m1/s1. The van der Waals surface area contributed by atoms with E-state index in [4.69, 9.17) is 4.74 Å². The molecule has 8 nitrogen and oxygen atoms in total. The lowest BCUT2D eigenvalue weighted by molar-refractivity contribution is 0.0127. The summed E-state index contributed by atoms with van der Waals surface area (Å²) in [7, 11) is 3.44. The molecule has 0 saturated carbocycles. The number of urea groups is 1. The molecular formula is C30H28F2N4O4. The molecule has 1 spiro atoms. The second-order valence-electron chi connectivity index (χ2n) is 10.4. The molecule has 10 heteroatoms. The van der Waals surface area contributed by atoms with Crippen LogP contribution in [0.4, 0.5) is 19.3 Å². The first kappa shape index (κ1) is 25.8. The summed E-state index contributed by atoms with van der Waals surface area (Å²) in [5.41, 5.74) is 1.81. The first-order valence-corrected chi connectivity index (χ1v) is 12.9. The Bertz CT molecular complexity index is 1650. The molecule has 2 aliphatic rings. The predicted molar refractivity (Wildman–Crippen MR) is 145 cm³/mol. The lowest BCUT2D eigenvalue weighted by Crippen LogP contribution is -2.68. The van der Waals surface area contributed by atoms with E-state index in [1.165, 1.54) is 41.3 Å². The number of anilines is 1. The summed E-state index contributed by atoms with van der Waals surface area (Å²) in [6, 6.07) is 16.1. The molecule has 1 aromatic heterocycles. The zero-order chi connectivity index (χ0) is 28.2. The number of likely N-dealkylation sites (tertiary alicyclic amines) is 1. The number of para-hydroxylation sites is 1. The molecule has 206 valence electrons. The molecule has 0 bridgehead atoms. The van der Waals surface area contributed by atoms with Crippen LogP contribution in [0.3, 0.4) is 0 Å². The molecule has 2 N–H and O–H groups in total. The van der Waals surface area contributed by atoms with Crippen LogP contribution in [0.2, 0.25) is 0 Å². The van der Waals surface area contributed by atoms with Crippen LogP contribution in [0.5, 0.6) is 5.75 Å². The largest absolute Gasteiger partial charge is 0.497 e. The van der Waals surface area contributed by atoms with E-state index in [2.05, 4.69) is 5.32 Å². The van der Waals surface area contributed by atoms with Gasteiger partial charge in [-0.1, -0.05) is 24.3 Å². The molecule has 0 unspecified atom stereocenters. The van der Waals surface area contributed by atoms with Gasteiger partial charge in [0.05, 0.1) is 41.9 Å². The molecule has 40 heavy (non-hydrogen) atoms. The number of amides is 3. The Kier molecular flexibility index (Phi) is 6.22. The van der Waals surface area contributed by atoms with Gasteiger partial charge in [0.15, 0.2) is 0 Å². The Balaban J connectivity index is 1.44. The Morgan fingerprint density at radius 1 is 1.02 bits per heavy atom. The van der Waals surface area contributed by atoms with Gasteiger partial charge in [0.2, 0.25) is 0 Å². The molecule has 1 atom stereocenters. The molecule has 0 radical (unpaired) electrons. The van der Waals surface area contributed by atoms with Crippen molar-refractivity contribution in [3.63, 3.8) is 0 Å². The van der Waals surface area contributed by atoms with Gasteiger partial charge < -0.3 is 29.5 Å². The van der Waals surface area contributed by atoms with E-state index in [0.29, 0.717) is 5.75 Å². The van der Waals surface area contributed by atoms with Crippen molar-refractivity contribution in [3.05, 3.63) is 95.2 Å². The quantitative estimate of drug-likeness (QED) is 0.396. The van der Waals surface area contributed by atoms with E-state index in [9.17, 15) is 23.5 Å². The highest BCUT2D eigenvalue weighted by Crippen LogP contribution is 2.50. The number of hydrogen-bond donors (Lipinski definition) is 2. The smallest absolute Gasteiger partial charge is 0.322 e. The van der Waals surface area contributed by atoms with Crippen LogP contribution < -0.4 is 10.1 Å². The van der Waals surface area contributed by atoms with Gasteiger partial charge in [0.25, 0.3) is 5.91 Å². The molecular weight excluding hydrogens is 518 g/mol. The van der Waals surface area contributed by atoms with Gasteiger partial charge in [0, 0.05) is 43.8 Å². The maximum atomic E-state index is 14.4. The van der Waals surface area contributed by atoms with Crippen LogP contribution in [0.15, 0.2) is 66.7 Å². The van der Waals surface area contributed by atoms with Crippen molar-refractivity contribution < 1.29 is 28.2 Å². The molecule has 1 fully saturated rings. The fourth-order valence-corrected chi connectivity index (χ4v) is 6.21. The Morgan fingerprint density at radius 3 is 2.40 bits per heavy atom. The van der Waals surface area contributed by atoms with E-state index < -0.39 is 35.0 Å². The van der Waals surface area contributed by atoms with E-state index in [-0.39, 0.29) is 37.5 Å². The van der Waals surface area contributed by atoms with Crippen LogP contribution in [0, 0.1) is 11.6 Å². The number of carbonyl (C=O) groups is 2. The van der Waals surface area contributed by atoms with Gasteiger partial charge in [-0.3, -0.25) is 4.79 Å². The fourth-order valence-electron chi connectivity index (χ4n) is 6.21. The number of aromatic nitrogens is 1. The molecule has 1 saturated heterocycles. The summed E-state index contributed by atoms with van der Waals surface area (Å²) in [4.78, 5) is 29.9. The highest BCUT2D eigenvalue weighted by molar-refractivity contribution is 5.97. The van der Waals surface area contributed by atoms with Crippen molar-refractivity contribution in [1.82, 2.24) is 14.4 Å². The van der Waals surface area contributed by atoms with Crippen molar-refractivity contribution >= 4 is 28.5 Å². The Morgan fingerprint density at radius 2 is 1.73 bits per heavy atom.